The third kappa shape index (κ3) is 4.35. The number of aryl methyl sites for hydroxylation is 2. The van der Waals surface area contributed by atoms with E-state index in [1.807, 2.05) is 6.07 Å². The fraction of sp³-hybridized carbons (Fsp3) is 0.368. The van der Waals surface area contributed by atoms with E-state index in [1.165, 1.54) is 32.5 Å². The number of sulfonamides is 1. The zero-order valence-corrected chi connectivity index (χ0v) is 16.3. The molecule has 0 amide bonds. The smallest absolute Gasteiger partial charge is 0.273 e. The van der Waals surface area contributed by atoms with Gasteiger partial charge >= 0.3 is 0 Å². The first kappa shape index (κ1) is 19.5. The molecule has 8 heteroatoms. The molecule has 1 aliphatic heterocycles. The Balaban J connectivity index is 1.69. The number of nitro groups is 1. The molecule has 1 N–H and O–H groups in total. The molecule has 0 bridgehead atoms. The third-order valence-corrected chi connectivity index (χ3v) is 6.88. The Morgan fingerprint density at radius 1 is 1.11 bits per heavy atom. The van der Waals surface area contributed by atoms with E-state index in [0.29, 0.717) is 31.7 Å². The van der Waals surface area contributed by atoms with Gasteiger partial charge in [0, 0.05) is 17.2 Å². The molecule has 1 aliphatic rings. The van der Waals surface area contributed by atoms with Crippen LogP contribution in [0.5, 0.6) is 0 Å². The molecule has 2 aromatic carbocycles. The number of rotatable bonds is 5. The highest BCUT2D eigenvalue weighted by Gasteiger charge is 2.31. The Bertz CT molecular complexity index is 951. The normalized spacial score (nSPS) is 16.4. The van der Waals surface area contributed by atoms with Crippen LogP contribution in [-0.4, -0.2) is 43.8 Å². The molecule has 1 heterocycles. The second kappa shape index (κ2) is 7.75. The molecule has 0 aliphatic carbocycles. The maximum atomic E-state index is 12.9. The summed E-state index contributed by atoms with van der Waals surface area (Å²) in [4.78, 5) is 11.9. The largest absolute Gasteiger partial charge is 0.329 e. The number of nitro benzene ring substituents is 1. The second-order valence-electron chi connectivity index (χ2n) is 7.03. The predicted octanol–water partition coefficient (Wildman–Crippen LogP) is 1.30. The number of nitrogens with one attached hydrogen (secondary N) is 1. The SMILES string of the molecule is Cc1cccc(C[NH+]2CCN(S(=O)(=O)c3ccc(C)c([N+](=O)[O-])c3)CC2)c1. The maximum absolute atomic E-state index is 12.9. The summed E-state index contributed by atoms with van der Waals surface area (Å²) in [6, 6.07) is 12.4. The molecule has 0 spiro atoms. The van der Waals surface area contributed by atoms with Gasteiger partial charge < -0.3 is 4.90 Å². The van der Waals surface area contributed by atoms with E-state index >= 15 is 0 Å². The number of nitrogens with zero attached hydrogens (tertiary/aromatic N) is 2. The fourth-order valence-corrected chi connectivity index (χ4v) is 4.89. The zero-order chi connectivity index (χ0) is 19.6. The number of piperazine rings is 1. The van der Waals surface area contributed by atoms with Crippen LogP contribution in [0.1, 0.15) is 16.7 Å². The van der Waals surface area contributed by atoms with Gasteiger partial charge in [0.15, 0.2) is 0 Å². The lowest BCUT2D eigenvalue weighted by Crippen LogP contribution is -3.13. The lowest BCUT2D eigenvalue weighted by Gasteiger charge is -2.31. The minimum absolute atomic E-state index is 0.0121. The molecule has 2 aromatic rings. The lowest BCUT2D eigenvalue weighted by molar-refractivity contribution is -0.917. The van der Waals surface area contributed by atoms with Crippen molar-refractivity contribution in [3.8, 4) is 0 Å². The van der Waals surface area contributed by atoms with Crippen LogP contribution >= 0.6 is 0 Å². The fourth-order valence-electron chi connectivity index (χ4n) is 3.43. The van der Waals surface area contributed by atoms with E-state index in [1.54, 1.807) is 6.92 Å². The molecular formula is C19H24N3O4S+. The van der Waals surface area contributed by atoms with Gasteiger partial charge in [-0.1, -0.05) is 35.9 Å². The van der Waals surface area contributed by atoms with Crippen molar-refractivity contribution in [1.82, 2.24) is 4.31 Å². The molecule has 1 fully saturated rings. The van der Waals surface area contributed by atoms with E-state index in [2.05, 4.69) is 25.1 Å². The highest BCUT2D eigenvalue weighted by atomic mass is 32.2. The number of benzene rings is 2. The topological polar surface area (TPSA) is 85.0 Å². The van der Waals surface area contributed by atoms with Gasteiger partial charge in [-0.15, -0.1) is 0 Å². The van der Waals surface area contributed by atoms with E-state index in [4.69, 9.17) is 0 Å². The minimum atomic E-state index is -3.72. The van der Waals surface area contributed by atoms with Crippen molar-refractivity contribution in [2.45, 2.75) is 25.3 Å². The summed E-state index contributed by atoms with van der Waals surface area (Å²) in [6.07, 6.45) is 0. The molecule has 0 saturated carbocycles. The summed E-state index contributed by atoms with van der Waals surface area (Å²) < 4.78 is 27.2. The van der Waals surface area contributed by atoms with Gasteiger partial charge in [0.05, 0.1) is 36.0 Å². The third-order valence-electron chi connectivity index (χ3n) is 4.98. The molecule has 0 radical (unpaired) electrons. The molecule has 0 aromatic heterocycles. The highest BCUT2D eigenvalue weighted by Crippen LogP contribution is 2.24. The van der Waals surface area contributed by atoms with Crippen LogP contribution < -0.4 is 4.90 Å². The van der Waals surface area contributed by atoms with Crippen molar-refractivity contribution in [2.24, 2.45) is 0 Å². The molecule has 0 atom stereocenters. The first-order chi connectivity index (χ1) is 12.8. The predicted molar refractivity (Wildman–Crippen MR) is 102 cm³/mol. The molecule has 1 saturated heterocycles. The van der Waals surface area contributed by atoms with Gasteiger partial charge in [0.1, 0.15) is 6.54 Å². The summed E-state index contributed by atoms with van der Waals surface area (Å²) in [5, 5.41) is 11.1. The van der Waals surface area contributed by atoms with E-state index in [0.717, 1.165) is 12.6 Å². The molecule has 0 unspecified atom stereocenters. The summed E-state index contributed by atoms with van der Waals surface area (Å²) in [5.74, 6) is 0. The van der Waals surface area contributed by atoms with Crippen molar-refractivity contribution in [3.05, 3.63) is 69.3 Å². The number of hydrogen-bond donors (Lipinski definition) is 1. The first-order valence-electron chi connectivity index (χ1n) is 8.91. The molecular weight excluding hydrogens is 366 g/mol. The van der Waals surface area contributed by atoms with Gasteiger partial charge in [-0.3, -0.25) is 10.1 Å². The van der Waals surface area contributed by atoms with Crippen LogP contribution in [0.25, 0.3) is 0 Å². The van der Waals surface area contributed by atoms with Crippen molar-refractivity contribution < 1.29 is 18.2 Å². The Labute approximate surface area is 159 Å². The Morgan fingerprint density at radius 3 is 2.44 bits per heavy atom. The van der Waals surface area contributed by atoms with Crippen LogP contribution in [0, 0.1) is 24.0 Å². The average Bonchev–Trinajstić information content (AvgIpc) is 2.62. The molecule has 7 nitrogen and oxygen atoms in total. The lowest BCUT2D eigenvalue weighted by atomic mass is 10.1. The van der Waals surface area contributed by atoms with E-state index in [-0.39, 0.29) is 10.6 Å². The van der Waals surface area contributed by atoms with Gasteiger partial charge in [0.25, 0.3) is 5.69 Å². The monoisotopic (exact) mass is 390 g/mol. The van der Waals surface area contributed by atoms with Crippen LogP contribution in [0.4, 0.5) is 5.69 Å². The Hall–Kier alpha value is -2.29. The number of quaternary nitrogens is 1. The van der Waals surface area contributed by atoms with Gasteiger partial charge in [-0.25, -0.2) is 8.42 Å². The summed E-state index contributed by atoms with van der Waals surface area (Å²) in [7, 11) is -3.72. The zero-order valence-electron chi connectivity index (χ0n) is 15.5. The van der Waals surface area contributed by atoms with Gasteiger partial charge in [0.2, 0.25) is 10.0 Å². The summed E-state index contributed by atoms with van der Waals surface area (Å²) >= 11 is 0. The quantitative estimate of drug-likeness (QED) is 0.616. The first-order valence-corrected chi connectivity index (χ1v) is 10.4. The van der Waals surface area contributed by atoms with Crippen LogP contribution in [-0.2, 0) is 16.6 Å². The van der Waals surface area contributed by atoms with Gasteiger partial charge in [-0.2, -0.15) is 4.31 Å². The number of hydrogen-bond acceptors (Lipinski definition) is 4. The Kier molecular flexibility index (Phi) is 5.59. The van der Waals surface area contributed by atoms with Crippen molar-refractivity contribution in [2.75, 3.05) is 26.2 Å². The van der Waals surface area contributed by atoms with Gasteiger partial charge in [-0.05, 0) is 19.9 Å². The summed E-state index contributed by atoms with van der Waals surface area (Å²) in [5.41, 5.74) is 2.75. The molecule has 3 rings (SSSR count). The average molecular weight is 390 g/mol. The summed E-state index contributed by atoms with van der Waals surface area (Å²) in [6.45, 7) is 6.76. The minimum Gasteiger partial charge on any atom is -0.329 e. The Morgan fingerprint density at radius 2 is 1.81 bits per heavy atom. The highest BCUT2D eigenvalue weighted by molar-refractivity contribution is 7.89. The van der Waals surface area contributed by atoms with E-state index < -0.39 is 14.9 Å². The van der Waals surface area contributed by atoms with E-state index in [9.17, 15) is 18.5 Å². The maximum Gasteiger partial charge on any atom is 0.273 e. The molecule has 27 heavy (non-hydrogen) atoms. The van der Waals surface area contributed by atoms with Crippen molar-refractivity contribution in [1.29, 1.82) is 0 Å². The second-order valence-corrected chi connectivity index (χ2v) is 8.96. The van der Waals surface area contributed by atoms with Crippen LogP contribution in [0.2, 0.25) is 0 Å². The van der Waals surface area contributed by atoms with Crippen LogP contribution in [0.15, 0.2) is 47.4 Å². The van der Waals surface area contributed by atoms with Crippen molar-refractivity contribution >= 4 is 15.7 Å². The van der Waals surface area contributed by atoms with Crippen LogP contribution in [0.3, 0.4) is 0 Å². The molecule has 144 valence electrons. The standard InChI is InChI=1S/C19H23N3O4S/c1-15-4-3-5-17(12-15)14-20-8-10-21(11-9-20)27(25,26)18-7-6-16(2)19(13-18)22(23)24/h3-7,12-13H,8-11,14H2,1-2H3/p+1. The van der Waals surface area contributed by atoms with Crippen molar-refractivity contribution in [3.63, 3.8) is 0 Å².